The molecule has 1 heterocycles. The molecule has 0 bridgehead atoms. The van der Waals surface area contributed by atoms with Gasteiger partial charge in [0.2, 0.25) is 0 Å². The maximum atomic E-state index is 10.5. The molecule has 1 atom stereocenters. The summed E-state index contributed by atoms with van der Waals surface area (Å²) < 4.78 is 6.59. The normalized spacial score (nSPS) is 18.4. The van der Waals surface area contributed by atoms with Crippen molar-refractivity contribution in [3.05, 3.63) is 57.7 Å². The molecule has 1 aliphatic heterocycles. The lowest BCUT2D eigenvalue weighted by Crippen LogP contribution is -2.37. The number of nitrogens with zero attached hydrogens (tertiary/aromatic N) is 1. The number of phenols is 1. The molecule has 1 aliphatic rings. The fraction of sp³-hybridized carbons (Fsp3) is 0.600. The van der Waals surface area contributed by atoms with E-state index in [1.54, 1.807) is 0 Å². The molecule has 1 aromatic rings. The highest BCUT2D eigenvalue weighted by Crippen LogP contribution is 2.43. The number of hydrogen-bond donors (Lipinski definition) is 3. The molecule has 35 heavy (non-hydrogen) atoms. The topological polar surface area (TPSA) is 73.2 Å². The van der Waals surface area contributed by atoms with Crippen molar-refractivity contribution >= 4 is 0 Å². The van der Waals surface area contributed by atoms with Crippen LogP contribution in [0.4, 0.5) is 0 Å². The standard InChI is InChI=1S/C30H47NO4/c1-22(12-8-14-25(20-32)21-33)10-7-11-23(2)13-9-16-30(4)17-15-26-27(19-31(5)6)28(34)18-24(3)29(26)35-30/h10,13-14,18,32-34H,7-9,11-12,15-17,19-21H2,1-6H3/b22-10+,23-13+. The van der Waals surface area contributed by atoms with Crippen molar-refractivity contribution in [3.8, 4) is 11.5 Å². The van der Waals surface area contributed by atoms with Crippen LogP contribution in [0.25, 0.3) is 0 Å². The number of aliphatic hydroxyl groups excluding tert-OH is 2. The van der Waals surface area contributed by atoms with Crippen molar-refractivity contribution in [2.75, 3.05) is 27.3 Å². The van der Waals surface area contributed by atoms with Crippen LogP contribution >= 0.6 is 0 Å². The van der Waals surface area contributed by atoms with Gasteiger partial charge in [-0.15, -0.1) is 0 Å². The summed E-state index contributed by atoms with van der Waals surface area (Å²) in [5.41, 5.74) is 6.44. The zero-order valence-electron chi connectivity index (χ0n) is 22.8. The number of ether oxygens (including phenoxy) is 1. The Morgan fingerprint density at radius 2 is 1.63 bits per heavy atom. The average molecular weight is 486 g/mol. The first kappa shape index (κ1) is 29.2. The van der Waals surface area contributed by atoms with E-state index in [4.69, 9.17) is 14.9 Å². The molecule has 0 amide bonds. The Morgan fingerprint density at radius 3 is 2.23 bits per heavy atom. The molecule has 0 saturated carbocycles. The molecule has 196 valence electrons. The highest BCUT2D eigenvalue weighted by atomic mass is 16.5. The number of rotatable bonds is 13. The van der Waals surface area contributed by atoms with Gasteiger partial charge in [0.15, 0.2) is 0 Å². The average Bonchev–Trinajstić information content (AvgIpc) is 2.79. The second kappa shape index (κ2) is 13.9. The van der Waals surface area contributed by atoms with Gasteiger partial charge in [-0.25, -0.2) is 0 Å². The van der Waals surface area contributed by atoms with Gasteiger partial charge < -0.3 is 25.0 Å². The van der Waals surface area contributed by atoms with E-state index in [1.165, 1.54) is 16.7 Å². The minimum Gasteiger partial charge on any atom is -0.508 e. The van der Waals surface area contributed by atoms with Gasteiger partial charge >= 0.3 is 0 Å². The van der Waals surface area contributed by atoms with Crippen molar-refractivity contribution in [1.82, 2.24) is 4.90 Å². The largest absolute Gasteiger partial charge is 0.508 e. The molecule has 0 spiro atoms. The predicted molar refractivity (Wildman–Crippen MR) is 145 cm³/mol. The summed E-state index contributed by atoms with van der Waals surface area (Å²) >= 11 is 0. The summed E-state index contributed by atoms with van der Waals surface area (Å²) in [6.07, 6.45) is 14.3. The van der Waals surface area contributed by atoms with E-state index in [0.29, 0.717) is 17.9 Å². The van der Waals surface area contributed by atoms with Crippen molar-refractivity contribution in [2.24, 2.45) is 0 Å². The molecule has 5 heteroatoms. The number of aliphatic hydroxyl groups is 2. The summed E-state index contributed by atoms with van der Waals surface area (Å²) in [4.78, 5) is 2.09. The predicted octanol–water partition coefficient (Wildman–Crippen LogP) is 5.99. The number of fused-ring (bicyclic) bond motifs is 1. The number of aromatic hydroxyl groups is 1. The number of allylic oxidation sites excluding steroid dienone is 5. The van der Waals surface area contributed by atoms with Crippen molar-refractivity contribution in [2.45, 2.75) is 91.2 Å². The molecule has 1 aromatic carbocycles. The number of benzene rings is 1. The molecule has 0 aromatic heterocycles. The van der Waals surface area contributed by atoms with Crippen LogP contribution in [0.3, 0.4) is 0 Å². The van der Waals surface area contributed by atoms with E-state index < -0.39 is 0 Å². The molecule has 0 saturated heterocycles. The van der Waals surface area contributed by atoms with Crippen LogP contribution in [0.5, 0.6) is 11.5 Å². The quantitative estimate of drug-likeness (QED) is 0.299. The Bertz CT molecular complexity index is 923. The first-order chi connectivity index (χ1) is 16.6. The smallest absolute Gasteiger partial charge is 0.126 e. The van der Waals surface area contributed by atoms with Crippen molar-refractivity contribution in [1.29, 1.82) is 0 Å². The van der Waals surface area contributed by atoms with Gasteiger partial charge in [0.05, 0.1) is 13.2 Å². The van der Waals surface area contributed by atoms with Crippen LogP contribution in [-0.2, 0) is 13.0 Å². The Morgan fingerprint density at radius 1 is 1.03 bits per heavy atom. The lowest BCUT2D eigenvalue weighted by atomic mass is 9.85. The summed E-state index contributed by atoms with van der Waals surface area (Å²) in [5.74, 6) is 1.34. The van der Waals surface area contributed by atoms with E-state index >= 15 is 0 Å². The van der Waals surface area contributed by atoms with E-state index in [9.17, 15) is 5.11 Å². The van der Waals surface area contributed by atoms with Crippen LogP contribution in [0.2, 0.25) is 0 Å². The minimum absolute atomic E-state index is 0.0689. The third-order valence-corrected chi connectivity index (χ3v) is 6.96. The Balaban J connectivity index is 1.87. The van der Waals surface area contributed by atoms with Gasteiger partial charge in [-0.3, -0.25) is 0 Å². The fourth-order valence-electron chi connectivity index (χ4n) is 4.71. The van der Waals surface area contributed by atoms with Gasteiger partial charge in [-0.1, -0.05) is 29.4 Å². The summed E-state index contributed by atoms with van der Waals surface area (Å²) in [5, 5.41) is 28.7. The van der Waals surface area contributed by atoms with Crippen molar-refractivity contribution in [3.63, 3.8) is 0 Å². The fourth-order valence-corrected chi connectivity index (χ4v) is 4.71. The molecule has 3 N–H and O–H groups in total. The number of hydrogen-bond acceptors (Lipinski definition) is 5. The molecule has 1 unspecified atom stereocenters. The lowest BCUT2D eigenvalue weighted by molar-refractivity contribution is 0.0556. The maximum absolute atomic E-state index is 10.5. The zero-order chi connectivity index (χ0) is 26.0. The Kier molecular flexibility index (Phi) is 11.5. The van der Waals surface area contributed by atoms with Crippen LogP contribution < -0.4 is 4.74 Å². The second-order valence-electron chi connectivity index (χ2n) is 10.7. The Labute approximate surface area is 212 Å². The van der Waals surface area contributed by atoms with E-state index in [2.05, 4.69) is 37.8 Å². The molecular formula is C30H47NO4. The van der Waals surface area contributed by atoms with Crippen molar-refractivity contribution < 1.29 is 20.1 Å². The number of aryl methyl sites for hydroxylation is 1. The lowest BCUT2D eigenvalue weighted by Gasteiger charge is -2.38. The van der Waals surface area contributed by atoms with Gasteiger partial charge in [-0.2, -0.15) is 0 Å². The van der Waals surface area contributed by atoms with E-state index in [0.717, 1.165) is 68.2 Å². The molecule has 0 fully saturated rings. The minimum atomic E-state index is -0.188. The monoisotopic (exact) mass is 485 g/mol. The van der Waals surface area contributed by atoms with Gasteiger partial charge in [0, 0.05) is 17.7 Å². The molecular weight excluding hydrogens is 438 g/mol. The van der Waals surface area contributed by atoms with Gasteiger partial charge in [0.1, 0.15) is 17.1 Å². The first-order valence-corrected chi connectivity index (χ1v) is 13.0. The van der Waals surface area contributed by atoms with Gasteiger partial charge in [0.25, 0.3) is 0 Å². The third kappa shape index (κ3) is 9.14. The molecule has 0 radical (unpaired) electrons. The summed E-state index contributed by atoms with van der Waals surface area (Å²) in [6.45, 7) is 9.18. The van der Waals surface area contributed by atoms with Crippen LogP contribution in [0.1, 0.15) is 82.4 Å². The first-order valence-electron chi connectivity index (χ1n) is 13.0. The number of phenolic OH excluding ortho intramolecular Hbond substituents is 1. The summed E-state index contributed by atoms with van der Waals surface area (Å²) in [6, 6.07) is 1.84. The highest BCUT2D eigenvalue weighted by Gasteiger charge is 2.33. The highest BCUT2D eigenvalue weighted by molar-refractivity contribution is 5.54. The molecule has 2 rings (SSSR count). The Hall–Kier alpha value is -2.08. The third-order valence-electron chi connectivity index (χ3n) is 6.96. The molecule has 5 nitrogen and oxygen atoms in total. The molecule has 0 aliphatic carbocycles. The van der Waals surface area contributed by atoms with Crippen LogP contribution in [-0.4, -0.2) is 53.1 Å². The maximum Gasteiger partial charge on any atom is 0.126 e. The van der Waals surface area contributed by atoms with Crippen LogP contribution in [0, 0.1) is 6.92 Å². The second-order valence-corrected chi connectivity index (χ2v) is 10.7. The van der Waals surface area contributed by atoms with Gasteiger partial charge in [-0.05, 0) is 110 Å². The van der Waals surface area contributed by atoms with Crippen LogP contribution in [0.15, 0.2) is 41.0 Å². The summed E-state index contributed by atoms with van der Waals surface area (Å²) in [7, 11) is 4.05. The van der Waals surface area contributed by atoms with E-state index in [1.807, 2.05) is 33.2 Å². The SMILES string of the molecule is C/C(=C\CC/C(C)=C/CCC1(C)CCc2c(CN(C)C)c(O)cc(C)c2O1)CCC=C(CO)CO. The van der Waals surface area contributed by atoms with E-state index in [-0.39, 0.29) is 18.8 Å². The zero-order valence-corrected chi connectivity index (χ0v) is 22.8.